The first-order valence-corrected chi connectivity index (χ1v) is 13.5. The number of carbonyl (C=O) groups is 1. The van der Waals surface area contributed by atoms with E-state index in [2.05, 4.69) is 9.71 Å². The Morgan fingerprint density at radius 2 is 1.76 bits per heavy atom. The van der Waals surface area contributed by atoms with Crippen molar-refractivity contribution in [2.45, 2.75) is 26.2 Å². The number of hydrogen-bond donors (Lipinski definition) is 3. The van der Waals surface area contributed by atoms with Gasteiger partial charge in [0.1, 0.15) is 11.4 Å². The number of nitrogens with one attached hydrogen (secondary N) is 1. The number of aryl methyl sites for hydroxylation is 1. The zero-order valence-corrected chi connectivity index (χ0v) is 23.0. The maximum absolute atomic E-state index is 11.3. The number of fused-ring (bicyclic) bond motifs is 1. The van der Waals surface area contributed by atoms with Gasteiger partial charge in [0.2, 0.25) is 10.0 Å². The quantitative estimate of drug-likeness (QED) is 0.289. The molecule has 0 radical (unpaired) electrons. The topological polar surface area (TPSA) is 146 Å². The van der Waals surface area contributed by atoms with E-state index in [1.54, 1.807) is 54.3 Å². The molecule has 4 N–H and O–H groups in total. The number of benzene rings is 2. The van der Waals surface area contributed by atoms with Crippen LogP contribution in [-0.4, -0.2) is 42.4 Å². The number of nitrogens with two attached hydrogens (primary N) is 1. The summed E-state index contributed by atoms with van der Waals surface area (Å²) in [6.07, 6.45) is 4.37. The van der Waals surface area contributed by atoms with E-state index in [0.717, 1.165) is 22.7 Å². The molecule has 4 rings (SSSR count). The van der Waals surface area contributed by atoms with Gasteiger partial charge in [0.15, 0.2) is 11.5 Å². The molecule has 4 aromatic rings. The Balaban J connectivity index is 0.000000212. The van der Waals surface area contributed by atoms with Crippen LogP contribution in [0.1, 0.15) is 36.8 Å². The average molecular weight is 541 g/mol. The van der Waals surface area contributed by atoms with Crippen molar-refractivity contribution < 1.29 is 27.8 Å². The van der Waals surface area contributed by atoms with E-state index in [9.17, 15) is 18.3 Å². The van der Waals surface area contributed by atoms with E-state index in [0.29, 0.717) is 28.6 Å². The minimum Gasteiger partial charge on any atom is -0.492 e. The molecule has 0 bridgehead atoms. The van der Waals surface area contributed by atoms with E-state index in [-0.39, 0.29) is 11.1 Å². The molecule has 2 aromatic heterocycles. The number of para-hydroxylation sites is 1. The summed E-state index contributed by atoms with van der Waals surface area (Å²) in [5.41, 5.74) is 8.45. The van der Waals surface area contributed by atoms with Crippen LogP contribution in [-0.2, 0) is 22.5 Å². The van der Waals surface area contributed by atoms with E-state index in [1.807, 2.05) is 39.0 Å². The van der Waals surface area contributed by atoms with Crippen LogP contribution in [0.5, 0.6) is 17.2 Å². The largest absolute Gasteiger partial charge is 0.492 e. The van der Waals surface area contributed by atoms with Crippen molar-refractivity contribution in [2.75, 3.05) is 23.8 Å². The van der Waals surface area contributed by atoms with Gasteiger partial charge in [-0.05, 0) is 47.4 Å². The molecule has 202 valence electrons. The summed E-state index contributed by atoms with van der Waals surface area (Å²) in [4.78, 5) is 15.1. The molecule has 2 aromatic carbocycles. The Kier molecular flexibility index (Phi) is 8.21. The van der Waals surface area contributed by atoms with E-state index >= 15 is 0 Å². The molecule has 0 atom stereocenters. The second kappa shape index (κ2) is 11.0. The van der Waals surface area contributed by atoms with Crippen LogP contribution in [0, 0.1) is 0 Å². The Labute approximate surface area is 222 Å². The third-order valence-corrected chi connectivity index (χ3v) is 6.19. The van der Waals surface area contributed by atoms with Crippen molar-refractivity contribution in [2.24, 2.45) is 7.05 Å². The van der Waals surface area contributed by atoms with Gasteiger partial charge in [-0.3, -0.25) is 9.71 Å². The smallest absolute Gasteiger partial charge is 0.352 e. The standard InChI is InChI=1S/C15H12N2O3.C12H20N2O3S/c1-17-12(15(18)19)9-10-3-2-4-13(14(10)17)20-11-5-7-16-8-6-11;1-12(2,3)8-6-9(13)11(17-4)10(7-8)14-18(5,15)16/h2-9H,1H3,(H,18,19);6-7,14H,13H2,1-5H3. The molecule has 0 fully saturated rings. The Bertz CT molecular complexity index is 1560. The van der Waals surface area contributed by atoms with Crippen LogP contribution in [0.3, 0.4) is 0 Å². The van der Waals surface area contributed by atoms with Crippen LogP contribution >= 0.6 is 0 Å². The average Bonchev–Trinajstić information content (AvgIpc) is 3.16. The van der Waals surface area contributed by atoms with Crippen LogP contribution in [0.2, 0.25) is 0 Å². The monoisotopic (exact) mass is 540 g/mol. The number of carboxylic acid groups (broad SMARTS) is 1. The van der Waals surface area contributed by atoms with E-state index < -0.39 is 16.0 Å². The minimum atomic E-state index is -3.37. The number of anilines is 2. The highest BCUT2D eigenvalue weighted by atomic mass is 32.2. The van der Waals surface area contributed by atoms with Crippen molar-refractivity contribution in [3.05, 3.63) is 72.2 Å². The molecule has 0 saturated carbocycles. The molecule has 11 heteroatoms. The van der Waals surface area contributed by atoms with Gasteiger partial charge in [0, 0.05) is 24.8 Å². The lowest BCUT2D eigenvalue weighted by Crippen LogP contribution is -2.15. The molecular formula is C27H32N4O6S. The predicted octanol–water partition coefficient (Wildman–Crippen LogP) is 5.01. The van der Waals surface area contributed by atoms with Crippen molar-refractivity contribution in [1.82, 2.24) is 9.55 Å². The second-order valence-corrected chi connectivity index (χ2v) is 11.4. The molecule has 0 aliphatic heterocycles. The third-order valence-electron chi connectivity index (χ3n) is 5.60. The fraction of sp³-hybridized carbons (Fsp3) is 0.259. The van der Waals surface area contributed by atoms with Crippen LogP contribution in [0.4, 0.5) is 11.4 Å². The molecule has 0 aliphatic carbocycles. The lowest BCUT2D eigenvalue weighted by atomic mass is 9.86. The van der Waals surface area contributed by atoms with E-state index in [4.69, 9.17) is 15.2 Å². The summed E-state index contributed by atoms with van der Waals surface area (Å²) in [6.45, 7) is 6.08. The number of ether oxygens (including phenoxy) is 2. The van der Waals surface area contributed by atoms with Crippen molar-refractivity contribution in [1.29, 1.82) is 0 Å². The number of sulfonamides is 1. The molecular weight excluding hydrogens is 508 g/mol. The number of hydrogen-bond acceptors (Lipinski definition) is 7. The van der Waals surface area contributed by atoms with Gasteiger partial charge < -0.3 is 24.9 Å². The molecule has 0 unspecified atom stereocenters. The number of methoxy groups -OCH3 is 1. The normalized spacial score (nSPS) is 11.4. The summed E-state index contributed by atoms with van der Waals surface area (Å²) >= 11 is 0. The van der Waals surface area contributed by atoms with Gasteiger partial charge in [0.05, 0.1) is 30.3 Å². The number of aromatic nitrogens is 2. The van der Waals surface area contributed by atoms with Gasteiger partial charge in [-0.25, -0.2) is 13.2 Å². The number of aromatic carboxylic acids is 1. The molecule has 0 saturated heterocycles. The van der Waals surface area contributed by atoms with Gasteiger partial charge >= 0.3 is 5.97 Å². The van der Waals surface area contributed by atoms with Crippen molar-refractivity contribution in [3.8, 4) is 17.2 Å². The summed E-state index contributed by atoms with van der Waals surface area (Å²) in [5, 5.41) is 10.0. The number of carboxylic acids is 1. The molecule has 0 amide bonds. The van der Waals surface area contributed by atoms with Crippen LogP contribution < -0.4 is 19.9 Å². The zero-order chi connectivity index (χ0) is 28.3. The predicted molar refractivity (Wildman–Crippen MR) is 149 cm³/mol. The zero-order valence-electron chi connectivity index (χ0n) is 22.1. The molecule has 0 aliphatic rings. The Hall–Kier alpha value is -4.25. The number of nitrogen functional groups attached to an aromatic ring is 1. The van der Waals surface area contributed by atoms with Gasteiger partial charge in [-0.2, -0.15) is 0 Å². The van der Waals surface area contributed by atoms with Crippen LogP contribution in [0.25, 0.3) is 10.9 Å². The Morgan fingerprint density at radius 1 is 1.11 bits per heavy atom. The number of nitrogens with zero attached hydrogens (tertiary/aromatic N) is 2. The van der Waals surface area contributed by atoms with Crippen LogP contribution in [0.15, 0.2) is 60.9 Å². The highest BCUT2D eigenvalue weighted by Gasteiger charge is 2.20. The fourth-order valence-electron chi connectivity index (χ4n) is 3.79. The Morgan fingerprint density at radius 3 is 2.32 bits per heavy atom. The van der Waals surface area contributed by atoms with E-state index in [1.165, 1.54) is 7.11 Å². The summed E-state index contributed by atoms with van der Waals surface area (Å²) in [5.74, 6) is 0.654. The second-order valence-electron chi connectivity index (χ2n) is 9.64. The lowest BCUT2D eigenvalue weighted by molar-refractivity contribution is 0.0687. The summed E-state index contributed by atoms with van der Waals surface area (Å²) in [7, 11) is -0.207. The first kappa shape index (κ1) is 28.3. The highest BCUT2D eigenvalue weighted by Crippen LogP contribution is 2.37. The highest BCUT2D eigenvalue weighted by molar-refractivity contribution is 7.92. The molecule has 10 nitrogen and oxygen atoms in total. The SMILES string of the molecule is COc1c(N)cc(C(C)(C)C)cc1NS(C)(=O)=O.Cn1c(C(=O)O)cc2cccc(Oc3ccncc3)c21. The van der Waals surface area contributed by atoms with Crippen molar-refractivity contribution >= 4 is 38.3 Å². The molecule has 2 heterocycles. The maximum Gasteiger partial charge on any atom is 0.352 e. The van der Waals surface area contributed by atoms with Gasteiger partial charge in [-0.1, -0.05) is 32.9 Å². The minimum absolute atomic E-state index is 0.131. The molecule has 0 spiro atoms. The number of rotatable bonds is 6. The van der Waals surface area contributed by atoms with Crippen molar-refractivity contribution in [3.63, 3.8) is 0 Å². The number of pyridine rings is 1. The lowest BCUT2D eigenvalue weighted by Gasteiger charge is -2.22. The summed E-state index contributed by atoms with van der Waals surface area (Å²) in [6, 6.07) is 14.2. The van der Waals surface area contributed by atoms with Gasteiger partial charge in [-0.15, -0.1) is 0 Å². The fourth-order valence-corrected chi connectivity index (χ4v) is 4.34. The van der Waals surface area contributed by atoms with Gasteiger partial charge in [0.25, 0.3) is 0 Å². The maximum atomic E-state index is 11.3. The summed E-state index contributed by atoms with van der Waals surface area (Å²) < 4.78 is 37.7. The first-order valence-electron chi connectivity index (χ1n) is 11.6. The first-order chi connectivity index (χ1) is 17.7. The third kappa shape index (κ3) is 6.74. The molecule has 38 heavy (non-hydrogen) atoms.